The molecule has 2 heterocycles. The second-order valence-electron chi connectivity index (χ2n) is 8.40. The molecule has 1 aliphatic rings. The van der Waals surface area contributed by atoms with Crippen LogP contribution in [0.2, 0.25) is 0 Å². The highest BCUT2D eigenvalue weighted by Gasteiger charge is 2.34. The van der Waals surface area contributed by atoms with Gasteiger partial charge in [-0.1, -0.05) is 42.5 Å². The zero-order valence-corrected chi connectivity index (χ0v) is 18.8. The van der Waals surface area contributed by atoms with Crippen molar-refractivity contribution >= 4 is 17.0 Å². The van der Waals surface area contributed by atoms with Crippen molar-refractivity contribution in [1.82, 2.24) is 4.57 Å². The van der Waals surface area contributed by atoms with Crippen molar-refractivity contribution in [2.24, 2.45) is 7.05 Å². The fourth-order valence-corrected chi connectivity index (χ4v) is 4.32. The van der Waals surface area contributed by atoms with Crippen molar-refractivity contribution in [3.8, 4) is 6.07 Å². The van der Waals surface area contributed by atoms with E-state index in [0.717, 1.165) is 11.1 Å². The topological polar surface area (TPSA) is 42.3 Å². The molecular weight excluding hydrogens is 394 g/mol. The maximum Gasteiger partial charge on any atom is 0.265 e. The fraction of sp³-hybridized carbons (Fsp3) is 0.214. The minimum Gasteiger partial charge on any atom is -0.483 e. The maximum absolute atomic E-state index is 9.45. The van der Waals surface area contributed by atoms with Crippen LogP contribution in [-0.2, 0) is 17.4 Å². The first kappa shape index (κ1) is 21.2. The van der Waals surface area contributed by atoms with Crippen LogP contribution in [0.15, 0.2) is 77.7 Å². The predicted molar refractivity (Wildman–Crippen MR) is 128 cm³/mol. The maximum atomic E-state index is 9.45. The normalized spacial score (nSPS) is 19.9. The predicted octanol–water partition coefficient (Wildman–Crippen LogP) is 6.72. The highest BCUT2D eigenvalue weighted by Crippen LogP contribution is 2.40. The van der Waals surface area contributed by atoms with Crippen LogP contribution in [0.4, 0.5) is 0 Å². The average molecular weight is 420 g/mol. The van der Waals surface area contributed by atoms with E-state index in [1.165, 1.54) is 22.2 Å². The Balaban J connectivity index is 1.74. The van der Waals surface area contributed by atoms with Crippen LogP contribution >= 0.6 is 0 Å². The van der Waals surface area contributed by atoms with Crippen LogP contribution in [0.5, 0.6) is 0 Å². The van der Waals surface area contributed by atoms with Gasteiger partial charge in [0.2, 0.25) is 0 Å². The Morgan fingerprint density at radius 1 is 1.19 bits per heavy atom. The van der Waals surface area contributed by atoms with Crippen LogP contribution in [0.3, 0.4) is 0 Å². The number of allylic oxidation sites excluding steroid dienone is 3. The molecule has 0 N–H and O–H groups in total. The number of benzene rings is 2. The minimum atomic E-state index is -0.658. The third-order valence-corrected chi connectivity index (χ3v) is 6.37. The van der Waals surface area contributed by atoms with Crippen molar-refractivity contribution in [3.63, 3.8) is 0 Å². The van der Waals surface area contributed by atoms with Gasteiger partial charge in [0, 0.05) is 30.1 Å². The Morgan fingerprint density at radius 2 is 1.94 bits per heavy atom. The number of ether oxygens (including phenoxy) is 1. The summed E-state index contributed by atoms with van der Waals surface area (Å²) in [5, 5.41) is 10.7. The Labute approximate surface area is 189 Å². The smallest absolute Gasteiger partial charge is 0.265 e. The summed E-state index contributed by atoms with van der Waals surface area (Å²) in [4.78, 5) is 3.44. The summed E-state index contributed by atoms with van der Waals surface area (Å²) in [5.74, 6) is 0.634. The number of fused-ring (bicyclic) bond motifs is 1. The number of nitrogens with zero attached hydrogens (tertiary/aromatic N) is 3. The molecule has 1 atom stereocenters. The van der Waals surface area contributed by atoms with Gasteiger partial charge in [0.25, 0.3) is 5.70 Å². The third-order valence-electron chi connectivity index (χ3n) is 6.37. The van der Waals surface area contributed by atoms with Gasteiger partial charge in [-0.05, 0) is 67.3 Å². The monoisotopic (exact) mass is 419 g/mol. The lowest BCUT2D eigenvalue weighted by atomic mass is 9.85. The van der Waals surface area contributed by atoms with E-state index in [4.69, 9.17) is 11.3 Å². The summed E-state index contributed by atoms with van der Waals surface area (Å²) in [6, 6.07) is 18.4. The first-order valence-corrected chi connectivity index (χ1v) is 10.6. The lowest BCUT2D eigenvalue weighted by molar-refractivity contribution is 0.0143. The summed E-state index contributed by atoms with van der Waals surface area (Å²) < 4.78 is 8.62. The molecule has 4 nitrogen and oxygen atoms in total. The van der Waals surface area contributed by atoms with Crippen LogP contribution in [0, 0.1) is 31.8 Å². The van der Waals surface area contributed by atoms with Crippen LogP contribution in [0.25, 0.3) is 21.8 Å². The van der Waals surface area contributed by atoms with Crippen molar-refractivity contribution in [2.75, 3.05) is 0 Å². The average Bonchev–Trinajstić information content (AvgIpc) is 3.02. The zero-order chi connectivity index (χ0) is 22.9. The number of aryl methyl sites for hydroxylation is 2. The number of rotatable bonds is 3. The number of hydrogen-bond donors (Lipinski definition) is 0. The first-order chi connectivity index (χ1) is 15.4. The van der Waals surface area contributed by atoms with Crippen LogP contribution in [-0.4, -0.2) is 4.57 Å². The summed E-state index contributed by atoms with van der Waals surface area (Å²) in [7, 11) is 2.09. The van der Waals surface area contributed by atoms with Crippen molar-refractivity contribution in [3.05, 3.63) is 112 Å². The Bertz CT molecular complexity index is 1360. The van der Waals surface area contributed by atoms with Gasteiger partial charge >= 0.3 is 0 Å². The quantitative estimate of drug-likeness (QED) is 0.349. The number of hydrogen-bond acceptors (Lipinski definition) is 2. The van der Waals surface area contributed by atoms with Crippen LogP contribution < -0.4 is 0 Å². The summed E-state index contributed by atoms with van der Waals surface area (Å²) >= 11 is 0. The van der Waals surface area contributed by atoms with Crippen molar-refractivity contribution in [2.45, 2.75) is 32.8 Å². The van der Waals surface area contributed by atoms with Gasteiger partial charge in [-0.3, -0.25) is 0 Å². The molecule has 1 aliphatic heterocycles. The van der Waals surface area contributed by atoms with Gasteiger partial charge in [-0.25, -0.2) is 10.1 Å². The molecule has 0 spiro atoms. The summed E-state index contributed by atoms with van der Waals surface area (Å²) in [6.45, 7) is 13.7. The molecule has 0 fully saturated rings. The standard InChI is InChI=1S/C28H25N3O/c1-19-20(2)31(5)27-14-12-21(15-25(19)27)11-13-24-16-22(26(18-29)30-4)17-28(3,32-24)23-9-7-6-8-10-23/h6-16H,17H2,1-3,5H3/b13-11+,26-22+. The van der Waals surface area contributed by atoms with E-state index >= 15 is 0 Å². The molecule has 1 unspecified atom stereocenters. The Hall–Kier alpha value is -4.02. The van der Waals surface area contributed by atoms with Gasteiger partial charge in [0.15, 0.2) is 0 Å². The molecular formula is C28H25N3O. The number of nitriles is 1. The van der Waals surface area contributed by atoms with Gasteiger partial charge in [0.05, 0.1) is 12.6 Å². The molecule has 0 amide bonds. The molecule has 32 heavy (non-hydrogen) atoms. The molecule has 3 aromatic rings. The molecule has 0 saturated heterocycles. The molecule has 1 aromatic heterocycles. The van der Waals surface area contributed by atoms with E-state index in [0.29, 0.717) is 17.8 Å². The molecule has 0 saturated carbocycles. The van der Waals surface area contributed by atoms with Crippen LogP contribution in [0.1, 0.15) is 35.7 Å². The molecule has 4 rings (SSSR count). The molecule has 0 aliphatic carbocycles. The molecule has 0 radical (unpaired) electrons. The zero-order valence-electron chi connectivity index (χ0n) is 18.8. The largest absolute Gasteiger partial charge is 0.483 e. The van der Waals surface area contributed by atoms with Crippen molar-refractivity contribution < 1.29 is 4.74 Å². The van der Waals surface area contributed by atoms with Gasteiger partial charge in [0.1, 0.15) is 11.4 Å². The van der Waals surface area contributed by atoms with E-state index in [1.807, 2.05) is 61.6 Å². The molecule has 2 aromatic carbocycles. The SMILES string of the molecule is [C-]#[N+]/C(C#N)=C1C=C(/C=C/c2ccc3c(c2)c(C)c(C)n3C)OC(C)(c2ccccc2)C\1. The fourth-order valence-electron chi connectivity index (χ4n) is 4.32. The van der Waals surface area contributed by atoms with Crippen molar-refractivity contribution in [1.29, 1.82) is 5.26 Å². The van der Waals surface area contributed by atoms with E-state index in [1.54, 1.807) is 0 Å². The molecule has 158 valence electrons. The van der Waals surface area contributed by atoms with Gasteiger partial charge in [-0.15, -0.1) is 0 Å². The lowest BCUT2D eigenvalue weighted by Gasteiger charge is -2.36. The summed E-state index contributed by atoms with van der Waals surface area (Å²) in [5.41, 5.74) is 5.98. The Morgan fingerprint density at radius 3 is 2.62 bits per heavy atom. The second kappa shape index (κ2) is 8.25. The van der Waals surface area contributed by atoms with Gasteiger partial charge < -0.3 is 9.30 Å². The highest BCUT2D eigenvalue weighted by atomic mass is 16.5. The number of aromatic nitrogens is 1. The summed E-state index contributed by atoms with van der Waals surface area (Å²) in [6.07, 6.45) is 6.22. The highest BCUT2D eigenvalue weighted by molar-refractivity contribution is 5.87. The second-order valence-corrected chi connectivity index (χ2v) is 8.40. The van der Waals surface area contributed by atoms with E-state index in [2.05, 4.69) is 48.5 Å². The first-order valence-electron chi connectivity index (χ1n) is 10.6. The lowest BCUT2D eigenvalue weighted by Crippen LogP contribution is -2.29. The van der Waals surface area contributed by atoms with Gasteiger partial charge in [-0.2, -0.15) is 0 Å². The molecule has 0 bridgehead atoms. The van der Waals surface area contributed by atoms with E-state index in [9.17, 15) is 5.26 Å². The third kappa shape index (κ3) is 3.72. The Kier molecular flexibility index (Phi) is 5.47. The minimum absolute atomic E-state index is 0.109. The molecule has 4 heteroatoms. The van der Waals surface area contributed by atoms with E-state index < -0.39 is 5.60 Å². The van der Waals surface area contributed by atoms with E-state index in [-0.39, 0.29) is 5.70 Å².